The van der Waals surface area contributed by atoms with Crippen molar-refractivity contribution in [1.29, 1.82) is 0 Å². The zero-order chi connectivity index (χ0) is 15.9. The summed E-state index contributed by atoms with van der Waals surface area (Å²) in [5.74, 6) is -1.25. The standard InChI is InChI=1S/C12H5Cl5N2O2/c13-6-5(7(14)9(16)10(17)8(6)15)11-4(12(20)21)1-3(18)2-19-11/h1-2H,18H2,(H,20,21). The number of carbonyl (C=O) groups is 1. The molecule has 1 heterocycles. The van der Waals surface area contributed by atoms with Crippen LogP contribution in [0.2, 0.25) is 25.1 Å². The van der Waals surface area contributed by atoms with Gasteiger partial charge >= 0.3 is 5.97 Å². The van der Waals surface area contributed by atoms with Crippen molar-refractivity contribution in [3.63, 3.8) is 0 Å². The Bertz CT molecular complexity index is 735. The minimum absolute atomic E-state index is 0.00725. The van der Waals surface area contributed by atoms with E-state index in [0.29, 0.717) is 0 Å². The average molecular weight is 386 g/mol. The summed E-state index contributed by atoms with van der Waals surface area (Å²) in [6, 6.07) is 1.23. The topological polar surface area (TPSA) is 76.2 Å². The maximum Gasteiger partial charge on any atom is 0.337 e. The predicted octanol–water partition coefficient (Wildman–Crippen LogP) is 5.30. The van der Waals surface area contributed by atoms with Crippen LogP contribution in [-0.2, 0) is 0 Å². The summed E-state index contributed by atoms with van der Waals surface area (Å²) < 4.78 is 0. The quantitative estimate of drug-likeness (QED) is 0.543. The third-order valence-electron chi connectivity index (χ3n) is 2.59. The van der Waals surface area contributed by atoms with Gasteiger partial charge in [-0.25, -0.2) is 4.79 Å². The largest absolute Gasteiger partial charge is 0.478 e. The highest BCUT2D eigenvalue weighted by atomic mass is 35.5. The van der Waals surface area contributed by atoms with Crippen LogP contribution >= 0.6 is 58.0 Å². The van der Waals surface area contributed by atoms with E-state index in [-0.39, 0.29) is 47.6 Å². The number of anilines is 1. The molecular formula is C12H5Cl5N2O2. The van der Waals surface area contributed by atoms with E-state index in [1.165, 1.54) is 12.3 Å². The lowest BCUT2D eigenvalue weighted by molar-refractivity contribution is 0.0697. The second-order valence-electron chi connectivity index (χ2n) is 3.91. The number of hydrogen-bond acceptors (Lipinski definition) is 3. The monoisotopic (exact) mass is 384 g/mol. The maximum atomic E-state index is 11.3. The van der Waals surface area contributed by atoms with E-state index < -0.39 is 5.97 Å². The molecule has 4 nitrogen and oxygen atoms in total. The molecule has 1 aromatic heterocycles. The Labute approximate surface area is 144 Å². The number of nitrogens with two attached hydrogens (primary N) is 1. The lowest BCUT2D eigenvalue weighted by atomic mass is 10.0. The van der Waals surface area contributed by atoms with Gasteiger partial charge in [-0.2, -0.15) is 0 Å². The molecule has 0 radical (unpaired) electrons. The minimum Gasteiger partial charge on any atom is -0.478 e. The van der Waals surface area contributed by atoms with Crippen LogP contribution in [0.5, 0.6) is 0 Å². The maximum absolute atomic E-state index is 11.3. The van der Waals surface area contributed by atoms with Gasteiger partial charge in [0.15, 0.2) is 0 Å². The fraction of sp³-hybridized carbons (Fsp3) is 0. The van der Waals surface area contributed by atoms with Crippen LogP contribution in [0, 0.1) is 0 Å². The summed E-state index contributed by atoms with van der Waals surface area (Å²) >= 11 is 30.0. The number of carboxylic acids is 1. The number of pyridine rings is 1. The Kier molecular flexibility index (Phi) is 4.76. The van der Waals surface area contributed by atoms with E-state index in [1.54, 1.807) is 0 Å². The fourth-order valence-electron chi connectivity index (χ4n) is 1.66. The Hall–Kier alpha value is -0.910. The molecule has 0 aliphatic heterocycles. The summed E-state index contributed by atoms with van der Waals surface area (Å²) in [4.78, 5) is 15.3. The fourth-order valence-corrected chi connectivity index (χ4v) is 2.97. The molecule has 110 valence electrons. The third kappa shape index (κ3) is 2.87. The van der Waals surface area contributed by atoms with Crippen LogP contribution < -0.4 is 5.73 Å². The molecule has 3 N–H and O–H groups in total. The van der Waals surface area contributed by atoms with Crippen molar-refractivity contribution in [3.8, 4) is 11.3 Å². The molecule has 0 atom stereocenters. The van der Waals surface area contributed by atoms with Crippen LogP contribution in [0.25, 0.3) is 11.3 Å². The van der Waals surface area contributed by atoms with Gasteiger partial charge in [-0.1, -0.05) is 58.0 Å². The summed E-state index contributed by atoms with van der Waals surface area (Å²) in [6.45, 7) is 0. The molecule has 9 heteroatoms. The van der Waals surface area contributed by atoms with Gasteiger partial charge in [0.2, 0.25) is 0 Å². The van der Waals surface area contributed by atoms with E-state index in [0.717, 1.165) is 0 Å². The van der Waals surface area contributed by atoms with Crippen LogP contribution in [0.15, 0.2) is 12.3 Å². The van der Waals surface area contributed by atoms with Gasteiger partial charge in [-0.15, -0.1) is 0 Å². The number of rotatable bonds is 2. The van der Waals surface area contributed by atoms with Gasteiger partial charge in [0, 0.05) is 5.56 Å². The number of nitrogen functional groups attached to an aromatic ring is 1. The highest BCUT2D eigenvalue weighted by Crippen LogP contribution is 2.48. The van der Waals surface area contributed by atoms with Gasteiger partial charge in [0.05, 0.1) is 48.3 Å². The number of carboxylic acid groups (broad SMARTS) is 1. The summed E-state index contributed by atoms with van der Waals surface area (Å²) in [6.07, 6.45) is 1.27. The minimum atomic E-state index is -1.25. The van der Waals surface area contributed by atoms with Crippen LogP contribution in [0.4, 0.5) is 5.69 Å². The van der Waals surface area contributed by atoms with Gasteiger partial charge in [-0.05, 0) is 6.07 Å². The molecule has 0 bridgehead atoms. The highest BCUT2D eigenvalue weighted by Gasteiger charge is 2.25. The summed E-state index contributed by atoms with van der Waals surface area (Å²) in [5, 5.41) is 9.05. The Morgan fingerprint density at radius 1 is 1.00 bits per heavy atom. The Morgan fingerprint density at radius 3 is 1.95 bits per heavy atom. The van der Waals surface area contributed by atoms with Crippen molar-refractivity contribution in [1.82, 2.24) is 4.98 Å². The second-order valence-corrected chi connectivity index (χ2v) is 5.80. The first-order valence-corrected chi connectivity index (χ1v) is 7.15. The SMILES string of the molecule is Nc1cnc(-c2c(Cl)c(Cl)c(Cl)c(Cl)c2Cl)c(C(=O)O)c1. The smallest absolute Gasteiger partial charge is 0.337 e. The first kappa shape index (κ1) is 16.5. The van der Waals surface area contributed by atoms with Crippen molar-refractivity contribution in [2.75, 3.05) is 5.73 Å². The molecule has 2 rings (SSSR count). The molecule has 2 aromatic rings. The highest BCUT2D eigenvalue weighted by molar-refractivity contribution is 6.56. The number of hydrogen-bond donors (Lipinski definition) is 2. The van der Waals surface area contributed by atoms with Crippen LogP contribution in [-0.4, -0.2) is 16.1 Å². The normalized spacial score (nSPS) is 10.7. The van der Waals surface area contributed by atoms with Gasteiger partial charge in [0.1, 0.15) is 0 Å². The Morgan fingerprint density at radius 2 is 1.48 bits per heavy atom. The number of nitrogens with zero attached hydrogens (tertiary/aromatic N) is 1. The second kappa shape index (κ2) is 6.07. The average Bonchev–Trinajstić information content (AvgIpc) is 2.44. The lowest BCUT2D eigenvalue weighted by Crippen LogP contribution is -2.04. The predicted molar refractivity (Wildman–Crippen MR) is 86.1 cm³/mol. The molecule has 0 saturated carbocycles. The van der Waals surface area contributed by atoms with E-state index in [2.05, 4.69) is 4.98 Å². The number of aromatic nitrogens is 1. The zero-order valence-corrected chi connectivity index (χ0v) is 13.7. The van der Waals surface area contributed by atoms with Crippen molar-refractivity contribution < 1.29 is 9.90 Å². The van der Waals surface area contributed by atoms with Crippen molar-refractivity contribution in [2.45, 2.75) is 0 Å². The van der Waals surface area contributed by atoms with Crippen molar-refractivity contribution in [2.24, 2.45) is 0 Å². The van der Waals surface area contributed by atoms with Gasteiger partial charge in [-0.3, -0.25) is 4.98 Å². The summed E-state index contributed by atoms with van der Waals surface area (Å²) in [7, 11) is 0. The zero-order valence-electron chi connectivity index (χ0n) is 9.92. The molecule has 0 spiro atoms. The van der Waals surface area contributed by atoms with E-state index in [1.807, 2.05) is 0 Å². The van der Waals surface area contributed by atoms with Crippen LogP contribution in [0.3, 0.4) is 0 Å². The molecule has 21 heavy (non-hydrogen) atoms. The molecule has 0 saturated heterocycles. The van der Waals surface area contributed by atoms with Gasteiger partial charge in [0.25, 0.3) is 0 Å². The lowest BCUT2D eigenvalue weighted by Gasteiger charge is -2.14. The number of halogens is 5. The molecule has 0 aliphatic rings. The third-order valence-corrected chi connectivity index (χ3v) is 4.86. The van der Waals surface area contributed by atoms with E-state index >= 15 is 0 Å². The molecule has 0 fully saturated rings. The van der Waals surface area contributed by atoms with Crippen molar-refractivity contribution in [3.05, 3.63) is 42.9 Å². The van der Waals surface area contributed by atoms with Crippen LogP contribution in [0.1, 0.15) is 10.4 Å². The number of benzene rings is 1. The first-order chi connectivity index (χ1) is 9.75. The van der Waals surface area contributed by atoms with Crippen molar-refractivity contribution >= 4 is 69.7 Å². The first-order valence-electron chi connectivity index (χ1n) is 5.26. The van der Waals surface area contributed by atoms with E-state index in [9.17, 15) is 9.90 Å². The molecule has 0 amide bonds. The molecule has 0 unspecified atom stereocenters. The Balaban J connectivity index is 2.89. The summed E-state index contributed by atoms with van der Waals surface area (Å²) in [5.41, 5.74) is 5.60. The van der Waals surface area contributed by atoms with Gasteiger partial charge < -0.3 is 10.8 Å². The number of aromatic carboxylic acids is 1. The molecular weight excluding hydrogens is 381 g/mol. The molecule has 0 aliphatic carbocycles. The van der Waals surface area contributed by atoms with E-state index in [4.69, 9.17) is 63.7 Å². The molecule has 1 aromatic carbocycles.